The van der Waals surface area contributed by atoms with Crippen molar-refractivity contribution in [1.82, 2.24) is 10.2 Å². The molecule has 1 unspecified atom stereocenters. The summed E-state index contributed by atoms with van der Waals surface area (Å²) in [7, 11) is -3.81. The van der Waals surface area contributed by atoms with Crippen LogP contribution in [0.15, 0.2) is 78.9 Å². The Bertz CT molecular complexity index is 1370. The van der Waals surface area contributed by atoms with Gasteiger partial charge in [-0.15, -0.1) is 0 Å². The lowest BCUT2D eigenvalue weighted by Gasteiger charge is -2.33. The van der Waals surface area contributed by atoms with Crippen LogP contribution in [0.3, 0.4) is 0 Å². The van der Waals surface area contributed by atoms with Gasteiger partial charge in [0.1, 0.15) is 12.6 Å². The Kier molecular flexibility index (Phi) is 10.8. The fourth-order valence-corrected chi connectivity index (χ4v) is 5.19. The molecule has 0 aromatic heterocycles. The number of rotatable bonds is 12. The molecular weight excluding hydrogens is 557 g/mol. The summed E-state index contributed by atoms with van der Waals surface area (Å²) in [5.74, 6) is -0.660. The molecule has 0 bridgehead atoms. The Hall–Kier alpha value is -3.07. The van der Waals surface area contributed by atoms with Crippen molar-refractivity contribution in [2.75, 3.05) is 23.7 Å². The number of benzene rings is 3. The van der Waals surface area contributed by atoms with Gasteiger partial charge in [0.05, 0.1) is 22.0 Å². The number of amides is 2. The topological polar surface area (TPSA) is 86.8 Å². The number of sulfonamides is 1. The number of nitrogens with zero attached hydrogens (tertiary/aromatic N) is 2. The fourth-order valence-electron chi connectivity index (χ4n) is 4.02. The van der Waals surface area contributed by atoms with E-state index >= 15 is 0 Å². The zero-order valence-electron chi connectivity index (χ0n) is 22.2. The van der Waals surface area contributed by atoms with Crippen LogP contribution in [0.25, 0.3) is 0 Å². The number of hydrogen-bond acceptors (Lipinski definition) is 4. The first kappa shape index (κ1) is 30.5. The zero-order chi connectivity index (χ0) is 28.6. The molecule has 0 spiro atoms. The van der Waals surface area contributed by atoms with Crippen molar-refractivity contribution >= 4 is 50.7 Å². The van der Waals surface area contributed by atoms with Crippen molar-refractivity contribution in [2.45, 2.75) is 32.9 Å². The second-order valence-corrected chi connectivity index (χ2v) is 12.4. The highest BCUT2D eigenvalue weighted by Gasteiger charge is 2.33. The van der Waals surface area contributed by atoms with Crippen LogP contribution in [-0.4, -0.2) is 50.5 Å². The minimum atomic E-state index is -3.81. The summed E-state index contributed by atoms with van der Waals surface area (Å²) in [5, 5.41) is 3.62. The fraction of sp³-hybridized carbons (Fsp3) is 0.310. The van der Waals surface area contributed by atoms with Gasteiger partial charge in [0.25, 0.3) is 0 Å². The van der Waals surface area contributed by atoms with Crippen LogP contribution in [0.5, 0.6) is 0 Å². The van der Waals surface area contributed by atoms with Crippen LogP contribution in [0.1, 0.15) is 25.0 Å². The average molecular weight is 591 g/mol. The summed E-state index contributed by atoms with van der Waals surface area (Å²) in [6, 6.07) is 21.9. The van der Waals surface area contributed by atoms with E-state index in [2.05, 4.69) is 5.32 Å². The van der Waals surface area contributed by atoms with Crippen molar-refractivity contribution < 1.29 is 18.0 Å². The van der Waals surface area contributed by atoms with E-state index in [1.165, 1.54) is 4.90 Å². The lowest BCUT2D eigenvalue weighted by Crippen LogP contribution is -2.53. The number of nitrogens with one attached hydrogen (secondary N) is 1. The summed E-state index contributed by atoms with van der Waals surface area (Å²) < 4.78 is 26.5. The quantitative estimate of drug-likeness (QED) is 0.315. The van der Waals surface area contributed by atoms with Crippen LogP contribution in [-0.2, 0) is 32.6 Å². The second kappa shape index (κ2) is 13.8. The van der Waals surface area contributed by atoms with Crippen molar-refractivity contribution in [3.8, 4) is 0 Å². The third kappa shape index (κ3) is 8.98. The van der Waals surface area contributed by atoms with E-state index in [1.807, 2.05) is 44.2 Å². The molecule has 0 heterocycles. The van der Waals surface area contributed by atoms with E-state index in [0.29, 0.717) is 27.8 Å². The molecule has 3 rings (SSSR count). The molecule has 2 amide bonds. The predicted molar refractivity (Wildman–Crippen MR) is 157 cm³/mol. The first-order valence-electron chi connectivity index (χ1n) is 12.5. The zero-order valence-corrected chi connectivity index (χ0v) is 24.5. The van der Waals surface area contributed by atoms with Gasteiger partial charge >= 0.3 is 0 Å². The molecular formula is C29H33Cl2N3O4S. The van der Waals surface area contributed by atoms with E-state index in [0.717, 1.165) is 16.1 Å². The Balaban J connectivity index is 2.05. The molecule has 0 aliphatic carbocycles. The number of hydrogen-bond donors (Lipinski definition) is 1. The lowest BCUT2D eigenvalue weighted by atomic mass is 10.0. The molecule has 0 fully saturated rings. The monoisotopic (exact) mass is 589 g/mol. The van der Waals surface area contributed by atoms with Crippen LogP contribution < -0.4 is 9.62 Å². The molecule has 7 nitrogen and oxygen atoms in total. The number of halogens is 2. The van der Waals surface area contributed by atoms with E-state index < -0.39 is 28.5 Å². The molecule has 10 heteroatoms. The highest BCUT2D eigenvalue weighted by atomic mass is 35.5. The summed E-state index contributed by atoms with van der Waals surface area (Å²) in [6.45, 7) is 3.93. The number of carbonyl (C=O) groups is 2. The number of carbonyl (C=O) groups excluding carboxylic acids is 2. The van der Waals surface area contributed by atoms with Crippen LogP contribution in [0.2, 0.25) is 10.0 Å². The number of para-hydroxylation sites is 1. The first-order chi connectivity index (χ1) is 18.5. The maximum atomic E-state index is 14.0. The molecule has 3 aromatic rings. The SMILES string of the molecule is CC(C)CNC(=O)C(Cc1ccccc1)N(Cc1ccc(Cl)c(Cl)c1)C(=O)CN(c1ccccc1)S(C)(=O)=O. The third-order valence-corrected chi connectivity index (χ3v) is 7.90. The summed E-state index contributed by atoms with van der Waals surface area (Å²) in [5.41, 5.74) is 1.86. The molecule has 0 saturated heterocycles. The molecule has 3 aromatic carbocycles. The Morgan fingerprint density at radius 3 is 2.05 bits per heavy atom. The molecule has 208 valence electrons. The minimum absolute atomic E-state index is 0.0225. The third-order valence-electron chi connectivity index (χ3n) is 6.02. The molecule has 1 atom stereocenters. The van der Waals surface area contributed by atoms with Gasteiger partial charge in [0.2, 0.25) is 21.8 Å². The van der Waals surface area contributed by atoms with Gasteiger partial charge in [-0.25, -0.2) is 8.42 Å². The van der Waals surface area contributed by atoms with E-state index in [1.54, 1.807) is 48.5 Å². The summed E-state index contributed by atoms with van der Waals surface area (Å²) in [6.07, 6.45) is 1.29. The summed E-state index contributed by atoms with van der Waals surface area (Å²) >= 11 is 12.4. The Morgan fingerprint density at radius 2 is 1.49 bits per heavy atom. The van der Waals surface area contributed by atoms with Crippen LogP contribution in [0, 0.1) is 5.92 Å². The first-order valence-corrected chi connectivity index (χ1v) is 15.1. The Morgan fingerprint density at radius 1 is 0.872 bits per heavy atom. The average Bonchev–Trinajstić information content (AvgIpc) is 2.90. The van der Waals surface area contributed by atoms with E-state index in [-0.39, 0.29) is 24.8 Å². The largest absolute Gasteiger partial charge is 0.354 e. The van der Waals surface area contributed by atoms with Crippen molar-refractivity contribution in [3.05, 3.63) is 100 Å². The highest BCUT2D eigenvalue weighted by molar-refractivity contribution is 7.92. The van der Waals surface area contributed by atoms with Gasteiger partial charge in [-0.3, -0.25) is 13.9 Å². The van der Waals surface area contributed by atoms with Crippen molar-refractivity contribution in [2.24, 2.45) is 5.92 Å². The van der Waals surface area contributed by atoms with E-state index in [4.69, 9.17) is 23.2 Å². The van der Waals surface area contributed by atoms with Crippen molar-refractivity contribution in [1.29, 1.82) is 0 Å². The normalized spacial score (nSPS) is 12.2. The van der Waals surface area contributed by atoms with Gasteiger partial charge in [0.15, 0.2) is 0 Å². The van der Waals surface area contributed by atoms with E-state index in [9.17, 15) is 18.0 Å². The molecule has 0 radical (unpaired) electrons. The maximum Gasteiger partial charge on any atom is 0.244 e. The minimum Gasteiger partial charge on any atom is -0.354 e. The predicted octanol–water partition coefficient (Wildman–Crippen LogP) is 5.17. The molecule has 1 N–H and O–H groups in total. The molecule has 0 aliphatic rings. The standard InChI is InChI=1S/C29H33Cl2N3O4S/c1-21(2)18-32-29(36)27(17-22-10-6-4-7-11-22)33(19-23-14-15-25(30)26(31)16-23)28(35)20-34(39(3,37)38)24-12-8-5-9-13-24/h4-16,21,27H,17-20H2,1-3H3,(H,32,36). The van der Waals surface area contributed by atoms with Crippen LogP contribution >= 0.6 is 23.2 Å². The second-order valence-electron chi connectivity index (χ2n) is 9.72. The van der Waals surface area contributed by atoms with Crippen molar-refractivity contribution in [3.63, 3.8) is 0 Å². The lowest BCUT2D eigenvalue weighted by molar-refractivity contribution is -0.140. The van der Waals surface area contributed by atoms with Gasteiger partial charge in [-0.1, -0.05) is 91.6 Å². The number of anilines is 1. The molecule has 39 heavy (non-hydrogen) atoms. The Labute approximate surface area is 240 Å². The van der Waals surface area contributed by atoms with Gasteiger partial charge < -0.3 is 10.2 Å². The molecule has 0 aliphatic heterocycles. The van der Waals surface area contributed by atoms with Gasteiger partial charge in [-0.2, -0.15) is 0 Å². The smallest absolute Gasteiger partial charge is 0.244 e. The van der Waals surface area contributed by atoms with Crippen LogP contribution in [0.4, 0.5) is 5.69 Å². The molecule has 0 saturated carbocycles. The van der Waals surface area contributed by atoms with Gasteiger partial charge in [-0.05, 0) is 41.3 Å². The summed E-state index contributed by atoms with van der Waals surface area (Å²) in [4.78, 5) is 29.0. The maximum absolute atomic E-state index is 14.0. The highest BCUT2D eigenvalue weighted by Crippen LogP contribution is 2.25. The van der Waals surface area contributed by atoms with Gasteiger partial charge in [0, 0.05) is 19.5 Å².